The van der Waals surface area contributed by atoms with Crippen LogP contribution in [0.25, 0.3) is 6.08 Å². The summed E-state index contributed by atoms with van der Waals surface area (Å²) in [7, 11) is 3.90. The highest BCUT2D eigenvalue weighted by Gasteiger charge is 2.33. The number of hydrogen-bond donors (Lipinski definition) is 1. The predicted octanol–water partition coefficient (Wildman–Crippen LogP) is 4.24. The molecule has 1 aromatic heterocycles. The Balaban J connectivity index is 1.50. The molecule has 4 aromatic rings. The number of carbonyl (C=O) groups excluding carboxylic acids is 1. The number of hydrogen-bond acceptors (Lipinski definition) is 8. The van der Waals surface area contributed by atoms with E-state index in [9.17, 15) is 14.5 Å². The van der Waals surface area contributed by atoms with Crippen LogP contribution in [0, 0.1) is 4.91 Å². The number of rotatable bonds is 9. The molecule has 2 heterocycles. The molecule has 1 aliphatic heterocycles. The minimum Gasteiger partial charge on any atom is -0.489 e. The van der Waals surface area contributed by atoms with Crippen molar-refractivity contribution < 1.29 is 24.4 Å². The van der Waals surface area contributed by atoms with Crippen molar-refractivity contribution in [2.75, 3.05) is 25.6 Å². The molecule has 0 spiro atoms. The van der Waals surface area contributed by atoms with Gasteiger partial charge in [-0.1, -0.05) is 35.6 Å². The van der Waals surface area contributed by atoms with Crippen molar-refractivity contribution in [2.45, 2.75) is 26.5 Å². The van der Waals surface area contributed by atoms with Gasteiger partial charge >= 0.3 is 11.7 Å². The van der Waals surface area contributed by atoms with E-state index in [4.69, 9.17) is 14.7 Å². The minimum atomic E-state index is -0.686. The number of anilines is 1. The summed E-state index contributed by atoms with van der Waals surface area (Å²) in [4.78, 5) is 45.0. The van der Waals surface area contributed by atoms with Gasteiger partial charge in [0.05, 0.1) is 33.4 Å². The lowest BCUT2D eigenvalue weighted by Gasteiger charge is -2.25. The van der Waals surface area contributed by atoms with E-state index in [0.29, 0.717) is 26.4 Å². The number of allylic oxidation sites excluding steroid dienone is 1. The molecule has 220 valence electrons. The molecule has 0 radical (unpaired) electrons. The molecular formula is C32H31N4O6S+. The summed E-state index contributed by atoms with van der Waals surface area (Å²) in [5, 5.41) is 9.01. The van der Waals surface area contributed by atoms with Crippen molar-refractivity contribution in [3.05, 3.63) is 125 Å². The lowest BCUT2D eigenvalue weighted by atomic mass is 9.95. The Kier molecular flexibility index (Phi) is 8.53. The number of ether oxygens (including phenoxy) is 2. The third-order valence-corrected chi connectivity index (χ3v) is 7.94. The molecule has 0 fully saturated rings. The first-order chi connectivity index (χ1) is 20.7. The molecule has 43 heavy (non-hydrogen) atoms. The Morgan fingerprint density at radius 2 is 1.84 bits per heavy atom. The molecule has 1 aliphatic rings. The van der Waals surface area contributed by atoms with Gasteiger partial charge < -0.3 is 14.4 Å². The molecule has 11 heteroatoms. The topological polar surface area (TPSA) is 113 Å². The van der Waals surface area contributed by atoms with Crippen LogP contribution in [0.3, 0.4) is 0 Å². The van der Waals surface area contributed by atoms with Crippen LogP contribution in [-0.2, 0) is 16.1 Å². The zero-order valence-corrected chi connectivity index (χ0v) is 25.0. The normalized spacial score (nSPS) is 14.6. The Bertz CT molecular complexity index is 1890. The van der Waals surface area contributed by atoms with Gasteiger partial charge in [0.25, 0.3) is 10.5 Å². The van der Waals surface area contributed by atoms with Gasteiger partial charge in [-0.2, -0.15) is 0 Å². The number of thiazole rings is 1. The first-order valence-corrected chi connectivity index (χ1v) is 14.4. The van der Waals surface area contributed by atoms with Gasteiger partial charge in [-0.25, -0.2) is 15.0 Å². The van der Waals surface area contributed by atoms with Crippen molar-refractivity contribution in [3.8, 4) is 5.75 Å². The van der Waals surface area contributed by atoms with E-state index in [1.807, 2.05) is 67.5 Å². The third kappa shape index (κ3) is 6.26. The first kappa shape index (κ1) is 29.5. The van der Waals surface area contributed by atoms with Gasteiger partial charge in [-0.3, -0.25) is 9.36 Å². The molecular weight excluding hydrogens is 568 g/mol. The van der Waals surface area contributed by atoms with E-state index in [2.05, 4.69) is 4.99 Å². The molecule has 3 aromatic carbocycles. The van der Waals surface area contributed by atoms with E-state index in [0.717, 1.165) is 22.4 Å². The predicted molar refractivity (Wildman–Crippen MR) is 163 cm³/mol. The van der Waals surface area contributed by atoms with Crippen molar-refractivity contribution in [3.63, 3.8) is 0 Å². The maximum atomic E-state index is 13.9. The van der Waals surface area contributed by atoms with E-state index >= 15 is 0 Å². The van der Waals surface area contributed by atoms with Gasteiger partial charge in [0.1, 0.15) is 12.4 Å². The summed E-state index contributed by atoms with van der Waals surface area (Å²) in [5.41, 5.74) is 4.06. The van der Waals surface area contributed by atoms with Gasteiger partial charge in [-0.05, 0) is 73.0 Å². The van der Waals surface area contributed by atoms with Crippen LogP contribution in [0.15, 0.2) is 93.9 Å². The number of nitrogens with zero attached hydrogens (tertiary/aromatic N) is 4. The molecule has 0 bridgehead atoms. The van der Waals surface area contributed by atoms with Crippen LogP contribution < -0.4 is 24.5 Å². The minimum absolute atomic E-state index is 0.129. The van der Waals surface area contributed by atoms with Crippen LogP contribution in [0.5, 0.6) is 5.75 Å². The monoisotopic (exact) mass is 599 g/mol. The number of aromatic nitrogens is 1. The van der Waals surface area contributed by atoms with Gasteiger partial charge in [-0.15, -0.1) is 0 Å². The maximum Gasteiger partial charge on any atom is 0.338 e. The molecule has 0 saturated heterocycles. The number of esters is 1. The third-order valence-electron chi connectivity index (χ3n) is 6.96. The Labute approximate surface area is 251 Å². The van der Waals surface area contributed by atoms with Crippen LogP contribution >= 0.6 is 11.3 Å². The second kappa shape index (κ2) is 12.5. The van der Waals surface area contributed by atoms with Crippen LogP contribution in [0.1, 0.15) is 36.6 Å². The Hall–Kier alpha value is -5.03. The average molecular weight is 600 g/mol. The van der Waals surface area contributed by atoms with Gasteiger partial charge in [0.15, 0.2) is 4.80 Å². The van der Waals surface area contributed by atoms with Crippen molar-refractivity contribution in [1.29, 1.82) is 0 Å². The zero-order valence-electron chi connectivity index (χ0n) is 24.2. The standard InChI is InChI=1S/C32H31N4O6S/c1-5-41-31(38)28-20(2)33-32-35(29(28)23-11-15-24(16-12-23)34(3)4)30(37)27(43-32)18-22-7-6-8-26(17-22)42-19-21-9-13-25(14-10-21)36(39)40/h6-18,29H,5,19H2,1-4H3,(H,39,40)/q+1/b27-18-. The molecule has 1 unspecified atom stereocenters. The molecule has 1 N–H and O–H groups in total. The number of fused-ring (bicyclic) bond motifs is 1. The lowest BCUT2D eigenvalue weighted by Crippen LogP contribution is -2.39. The Morgan fingerprint density at radius 1 is 1.12 bits per heavy atom. The zero-order chi connectivity index (χ0) is 30.7. The second-order valence-corrected chi connectivity index (χ2v) is 11.1. The molecule has 5 rings (SSSR count). The van der Waals surface area contributed by atoms with E-state index in [-0.39, 0.29) is 29.4 Å². The largest absolute Gasteiger partial charge is 0.489 e. The number of carbonyl (C=O) groups is 1. The van der Waals surface area contributed by atoms with Crippen molar-refractivity contribution >= 4 is 34.8 Å². The second-order valence-electron chi connectivity index (χ2n) is 10.1. The summed E-state index contributed by atoms with van der Waals surface area (Å²) in [6.07, 6.45) is 1.78. The van der Waals surface area contributed by atoms with Gasteiger partial charge in [0, 0.05) is 31.9 Å². The van der Waals surface area contributed by atoms with E-state index < -0.39 is 12.0 Å². The molecule has 1 atom stereocenters. The van der Waals surface area contributed by atoms with Crippen LogP contribution in [0.4, 0.5) is 11.4 Å². The average Bonchev–Trinajstić information content (AvgIpc) is 3.29. The summed E-state index contributed by atoms with van der Waals surface area (Å²) in [6.45, 7) is 3.96. The summed E-state index contributed by atoms with van der Waals surface area (Å²) in [6, 6.07) is 20.8. The van der Waals surface area contributed by atoms with Gasteiger partial charge in [0.2, 0.25) is 0 Å². The fraction of sp³-hybridized carbons (Fsp3) is 0.219. The van der Waals surface area contributed by atoms with Crippen molar-refractivity contribution in [1.82, 2.24) is 4.57 Å². The SMILES string of the molecule is CCOC(=O)C1=C(C)N=c2s/c(=C\c3cccc(OCc4ccc([N+](=O)O)cc4)c3)c(=O)n2C1c1ccc(N(C)C)cc1. The maximum absolute atomic E-state index is 13.9. The highest BCUT2D eigenvalue weighted by Crippen LogP contribution is 2.31. The van der Waals surface area contributed by atoms with Crippen LogP contribution in [0.2, 0.25) is 0 Å². The van der Waals surface area contributed by atoms with Crippen molar-refractivity contribution in [2.24, 2.45) is 4.99 Å². The highest BCUT2D eigenvalue weighted by molar-refractivity contribution is 7.07. The van der Waals surface area contributed by atoms with E-state index in [1.54, 1.807) is 36.6 Å². The molecule has 0 saturated carbocycles. The first-order valence-electron chi connectivity index (χ1n) is 13.6. The molecule has 0 amide bonds. The fourth-order valence-electron chi connectivity index (χ4n) is 4.79. The quantitative estimate of drug-likeness (QED) is 0.226. The summed E-state index contributed by atoms with van der Waals surface area (Å²) < 4.78 is 13.3. The number of benzene rings is 3. The highest BCUT2D eigenvalue weighted by atomic mass is 32.1. The fourth-order valence-corrected chi connectivity index (χ4v) is 5.84. The smallest absolute Gasteiger partial charge is 0.338 e. The van der Waals surface area contributed by atoms with E-state index in [1.165, 1.54) is 23.5 Å². The lowest BCUT2D eigenvalue weighted by molar-refractivity contribution is -0.729. The summed E-state index contributed by atoms with van der Waals surface area (Å²) in [5.74, 6) is 0.0958. The Morgan fingerprint density at radius 3 is 2.49 bits per heavy atom. The van der Waals surface area contributed by atoms with Crippen LogP contribution in [-0.4, -0.2) is 41.4 Å². The molecule has 10 nitrogen and oxygen atoms in total. The summed E-state index contributed by atoms with van der Waals surface area (Å²) >= 11 is 1.26. The molecule has 0 aliphatic carbocycles.